The third-order valence-electron chi connectivity index (χ3n) is 3.93. The smallest absolute Gasteiger partial charge is 0.259 e. The number of amides is 1. The van der Waals surface area contributed by atoms with Gasteiger partial charge in [0.2, 0.25) is 0 Å². The number of fused-ring (bicyclic) bond motifs is 1. The Kier molecular flexibility index (Phi) is 3.75. The molecule has 1 aromatic carbocycles. The molecular weight excluding hydrogens is 355 g/mol. The molecule has 0 saturated carbocycles. The summed E-state index contributed by atoms with van der Waals surface area (Å²) >= 11 is 1.41. The zero-order valence-electron chi connectivity index (χ0n) is 12.6. The zero-order chi connectivity index (χ0) is 17.6. The van der Waals surface area contributed by atoms with Gasteiger partial charge in [0, 0.05) is 22.7 Å². The second kappa shape index (κ2) is 5.96. The fourth-order valence-electron chi connectivity index (χ4n) is 2.86. The number of nitrogens with one attached hydrogen (secondary N) is 1. The van der Waals surface area contributed by atoms with Crippen LogP contribution in [0.4, 0.5) is 18.9 Å². The molecule has 1 amide bonds. The van der Waals surface area contributed by atoms with Crippen LogP contribution >= 0.6 is 11.3 Å². The van der Waals surface area contributed by atoms with Gasteiger partial charge in [0.1, 0.15) is 11.3 Å². The zero-order valence-corrected chi connectivity index (χ0v) is 13.4. The van der Waals surface area contributed by atoms with E-state index in [-0.39, 0.29) is 5.69 Å². The van der Waals surface area contributed by atoms with Gasteiger partial charge in [-0.1, -0.05) is 0 Å². The summed E-state index contributed by atoms with van der Waals surface area (Å²) < 4.78 is 41.2. The Hall–Kier alpha value is -2.75. The molecule has 25 heavy (non-hydrogen) atoms. The number of aryl methyl sites for hydroxylation is 1. The molecule has 1 aliphatic rings. The van der Waals surface area contributed by atoms with Crippen molar-refractivity contribution in [2.75, 3.05) is 5.32 Å². The Balaban J connectivity index is 1.73. The van der Waals surface area contributed by atoms with Crippen molar-refractivity contribution in [2.24, 2.45) is 0 Å². The van der Waals surface area contributed by atoms with Crippen molar-refractivity contribution in [2.45, 2.75) is 19.3 Å². The molecule has 0 aliphatic heterocycles. The number of hydrogen-bond donors (Lipinski definition) is 1. The van der Waals surface area contributed by atoms with Gasteiger partial charge in [-0.25, -0.2) is 13.2 Å². The van der Waals surface area contributed by atoms with Gasteiger partial charge in [0.25, 0.3) is 5.91 Å². The van der Waals surface area contributed by atoms with E-state index >= 15 is 0 Å². The molecule has 0 saturated heterocycles. The van der Waals surface area contributed by atoms with Crippen LogP contribution in [0, 0.1) is 17.5 Å². The summed E-state index contributed by atoms with van der Waals surface area (Å²) in [6, 6.07) is 1.47. The van der Waals surface area contributed by atoms with Crippen molar-refractivity contribution in [3.05, 3.63) is 51.9 Å². The third-order valence-corrected chi connectivity index (χ3v) is 5.21. The standard InChI is InChI=1S/C15H10F3N5OS/c16-9-4-7(5-10(17)13(9)18)20-14(24)12-8-2-1-3-11(8)25-15(12)23-6-19-21-22-23/h4-6H,1-3H2,(H,20,24). The van der Waals surface area contributed by atoms with Crippen LogP contribution < -0.4 is 5.32 Å². The number of carbonyl (C=O) groups is 1. The second-order valence-electron chi connectivity index (χ2n) is 5.50. The largest absolute Gasteiger partial charge is 0.322 e. The highest BCUT2D eigenvalue weighted by atomic mass is 32.1. The quantitative estimate of drug-likeness (QED) is 0.725. The van der Waals surface area contributed by atoms with E-state index in [4.69, 9.17) is 0 Å². The van der Waals surface area contributed by atoms with Crippen LogP contribution in [0.3, 0.4) is 0 Å². The minimum atomic E-state index is -1.58. The maximum absolute atomic E-state index is 13.4. The van der Waals surface area contributed by atoms with Gasteiger partial charge >= 0.3 is 0 Å². The molecule has 0 atom stereocenters. The topological polar surface area (TPSA) is 72.7 Å². The summed E-state index contributed by atoms with van der Waals surface area (Å²) in [4.78, 5) is 13.8. The molecule has 1 N–H and O–H groups in total. The maximum atomic E-state index is 13.4. The van der Waals surface area contributed by atoms with Crippen LogP contribution in [0.2, 0.25) is 0 Å². The van der Waals surface area contributed by atoms with Crippen molar-refractivity contribution in [3.8, 4) is 5.00 Å². The average Bonchev–Trinajstić information content (AvgIpc) is 3.27. The van der Waals surface area contributed by atoms with Crippen molar-refractivity contribution >= 4 is 22.9 Å². The summed E-state index contributed by atoms with van der Waals surface area (Å²) in [7, 11) is 0. The fourth-order valence-corrected chi connectivity index (χ4v) is 4.16. The Morgan fingerprint density at radius 1 is 1.20 bits per heavy atom. The summed E-state index contributed by atoms with van der Waals surface area (Å²) in [5.74, 6) is -4.86. The third kappa shape index (κ3) is 2.68. The normalized spacial score (nSPS) is 13.1. The summed E-state index contributed by atoms with van der Waals surface area (Å²) in [5.41, 5.74) is 1.09. The van der Waals surface area contributed by atoms with Gasteiger partial charge in [0.05, 0.1) is 5.56 Å². The number of benzene rings is 1. The fraction of sp³-hybridized carbons (Fsp3) is 0.200. The lowest BCUT2D eigenvalue weighted by atomic mass is 10.1. The predicted octanol–water partition coefficient (Wildman–Crippen LogP) is 2.88. The first-order valence-electron chi connectivity index (χ1n) is 7.38. The Labute approximate surface area is 143 Å². The van der Waals surface area contributed by atoms with Crippen LogP contribution in [0.1, 0.15) is 27.2 Å². The van der Waals surface area contributed by atoms with E-state index in [9.17, 15) is 18.0 Å². The lowest BCUT2D eigenvalue weighted by Crippen LogP contribution is -2.16. The van der Waals surface area contributed by atoms with E-state index < -0.39 is 23.4 Å². The molecule has 6 nitrogen and oxygen atoms in total. The van der Waals surface area contributed by atoms with Gasteiger partial charge in [-0.3, -0.25) is 4.79 Å². The SMILES string of the molecule is O=C(Nc1cc(F)c(F)c(F)c1)c1c(-n2cnnn2)sc2c1CCC2. The van der Waals surface area contributed by atoms with Crippen LogP contribution in [0.25, 0.3) is 5.00 Å². The first-order valence-corrected chi connectivity index (χ1v) is 8.20. The number of aromatic nitrogens is 4. The summed E-state index contributed by atoms with van der Waals surface area (Å²) in [5, 5.41) is 13.9. The second-order valence-corrected chi connectivity index (χ2v) is 6.58. The molecule has 0 spiro atoms. The van der Waals surface area contributed by atoms with Crippen LogP contribution in [0.5, 0.6) is 0 Å². The highest BCUT2D eigenvalue weighted by molar-refractivity contribution is 7.15. The first kappa shape index (κ1) is 15.8. The van der Waals surface area contributed by atoms with E-state index in [0.29, 0.717) is 10.6 Å². The minimum absolute atomic E-state index is 0.165. The average molecular weight is 365 g/mol. The number of tetrazole rings is 1. The Morgan fingerprint density at radius 3 is 2.64 bits per heavy atom. The highest BCUT2D eigenvalue weighted by Gasteiger charge is 2.28. The van der Waals surface area contributed by atoms with Gasteiger partial charge in [-0.05, 0) is 35.3 Å². The number of halogens is 3. The van der Waals surface area contributed by atoms with Crippen molar-refractivity contribution < 1.29 is 18.0 Å². The highest BCUT2D eigenvalue weighted by Crippen LogP contribution is 2.37. The molecule has 2 aromatic heterocycles. The molecule has 0 bridgehead atoms. The maximum Gasteiger partial charge on any atom is 0.259 e. The predicted molar refractivity (Wildman–Crippen MR) is 83.3 cm³/mol. The Morgan fingerprint density at radius 2 is 1.96 bits per heavy atom. The monoisotopic (exact) mass is 365 g/mol. The molecular formula is C15H10F3N5OS. The summed E-state index contributed by atoms with van der Waals surface area (Å²) in [6.45, 7) is 0. The van der Waals surface area contributed by atoms with Crippen LogP contribution in [-0.4, -0.2) is 26.1 Å². The van der Waals surface area contributed by atoms with E-state index in [1.807, 2.05) is 0 Å². The number of rotatable bonds is 3. The van der Waals surface area contributed by atoms with E-state index in [2.05, 4.69) is 20.8 Å². The first-order chi connectivity index (χ1) is 12.0. The van der Waals surface area contributed by atoms with Crippen molar-refractivity contribution in [1.29, 1.82) is 0 Å². The van der Waals surface area contributed by atoms with Gasteiger partial charge in [-0.2, -0.15) is 4.68 Å². The molecule has 10 heteroatoms. The number of carbonyl (C=O) groups excluding carboxylic acids is 1. The van der Waals surface area contributed by atoms with Gasteiger partial charge < -0.3 is 5.32 Å². The van der Waals surface area contributed by atoms with Gasteiger partial charge in [0.15, 0.2) is 17.5 Å². The molecule has 128 valence electrons. The number of anilines is 1. The molecule has 0 unspecified atom stereocenters. The molecule has 0 radical (unpaired) electrons. The molecule has 0 fully saturated rings. The summed E-state index contributed by atoms with van der Waals surface area (Å²) in [6.07, 6.45) is 3.87. The van der Waals surface area contributed by atoms with E-state index in [0.717, 1.165) is 41.8 Å². The Bertz CT molecular complexity index is 947. The molecule has 4 rings (SSSR count). The van der Waals surface area contributed by atoms with Crippen LogP contribution in [0.15, 0.2) is 18.5 Å². The molecule has 3 aromatic rings. The van der Waals surface area contributed by atoms with E-state index in [1.165, 1.54) is 22.3 Å². The van der Waals surface area contributed by atoms with Crippen molar-refractivity contribution in [3.63, 3.8) is 0 Å². The number of nitrogens with zero attached hydrogens (tertiary/aromatic N) is 4. The lowest BCUT2D eigenvalue weighted by molar-refractivity contribution is 0.102. The minimum Gasteiger partial charge on any atom is -0.322 e. The van der Waals surface area contributed by atoms with Gasteiger partial charge in [-0.15, -0.1) is 16.4 Å². The number of hydrogen-bond acceptors (Lipinski definition) is 5. The van der Waals surface area contributed by atoms with E-state index in [1.54, 1.807) is 0 Å². The molecule has 1 aliphatic carbocycles. The van der Waals surface area contributed by atoms with Crippen molar-refractivity contribution in [1.82, 2.24) is 20.2 Å². The number of thiophene rings is 1. The van der Waals surface area contributed by atoms with Crippen LogP contribution in [-0.2, 0) is 12.8 Å². The lowest BCUT2D eigenvalue weighted by Gasteiger charge is -2.08. The molecule has 2 heterocycles.